The van der Waals surface area contributed by atoms with E-state index in [4.69, 9.17) is 5.73 Å². The molecule has 20 heavy (non-hydrogen) atoms. The first-order valence-corrected chi connectivity index (χ1v) is 6.77. The first kappa shape index (κ1) is 14.3. The molecular weight excluding hydrogens is 252 g/mol. The zero-order chi connectivity index (χ0) is 14.5. The molecule has 0 aliphatic rings. The summed E-state index contributed by atoms with van der Waals surface area (Å²) in [5.74, 6) is 0.570. The molecule has 2 aromatic rings. The summed E-state index contributed by atoms with van der Waals surface area (Å²) in [5, 5.41) is 7.23. The van der Waals surface area contributed by atoms with Crippen molar-refractivity contribution in [3.05, 3.63) is 47.2 Å². The van der Waals surface area contributed by atoms with Crippen LogP contribution >= 0.6 is 0 Å². The Hall–Kier alpha value is -2.14. The highest BCUT2D eigenvalue weighted by molar-refractivity contribution is 6.03. The maximum atomic E-state index is 12.1. The van der Waals surface area contributed by atoms with E-state index >= 15 is 0 Å². The third kappa shape index (κ3) is 3.24. The predicted molar refractivity (Wildman–Crippen MR) is 79.5 cm³/mol. The van der Waals surface area contributed by atoms with E-state index in [-0.39, 0.29) is 5.91 Å². The summed E-state index contributed by atoms with van der Waals surface area (Å²) in [7, 11) is 1.83. The number of carbonyl (C=O) groups excluding carboxylic acids is 1. The van der Waals surface area contributed by atoms with Crippen molar-refractivity contribution in [2.24, 2.45) is 12.8 Å². The van der Waals surface area contributed by atoms with Crippen LogP contribution in [0, 0.1) is 0 Å². The van der Waals surface area contributed by atoms with Crippen molar-refractivity contribution in [3.8, 4) is 0 Å². The maximum absolute atomic E-state index is 12.1. The molecule has 1 aromatic heterocycles. The lowest BCUT2D eigenvalue weighted by molar-refractivity contribution is 0.102. The quantitative estimate of drug-likeness (QED) is 0.875. The van der Waals surface area contributed by atoms with Crippen molar-refractivity contribution in [2.75, 3.05) is 5.32 Å². The van der Waals surface area contributed by atoms with Crippen LogP contribution in [0.15, 0.2) is 30.3 Å². The minimum absolute atomic E-state index is 0.139. The van der Waals surface area contributed by atoms with Crippen molar-refractivity contribution in [1.82, 2.24) is 9.78 Å². The molecule has 0 aliphatic carbocycles. The SMILES string of the molecule is CCCc1cc(NC(=O)c2ccc(CN)cc2)n(C)n1. The standard InChI is InChI=1S/C15H20N4O/c1-3-4-13-9-14(19(2)18-13)17-15(20)12-7-5-11(10-16)6-8-12/h5-9H,3-4,10,16H2,1-2H3,(H,17,20). The summed E-state index contributed by atoms with van der Waals surface area (Å²) in [6, 6.07) is 9.19. The lowest BCUT2D eigenvalue weighted by Gasteiger charge is -2.05. The average molecular weight is 272 g/mol. The van der Waals surface area contributed by atoms with Gasteiger partial charge < -0.3 is 11.1 Å². The Morgan fingerprint density at radius 2 is 2.05 bits per heavy atom. The first-order chi connectivity index (χ1) is 9.63. The van der Waals surface area contributed by atoms with Crippen molar-refractivity contribution >= 4 is 11.7 Å². The van der Waals surface area contributed by atoms with Gasteiger partial charge in [0.05, 0.1) is 5.69 Å². The van der Waals surface area contributed by atoms with Crippen LogP contribution in [0.3, 0.4) is 0 Å². The van der Waals surface area contributed by atoms with Crippen molar-refractivity contribution < 1.29 is 4.79 Å². The van der Waals surface area contributed by atoms with E-state index in [9.17, 15) is 4.79 Å². The number of amides is 1. The molecule has 0 radical (unpaired) electrons. The number of hydrogen-bond donors (Lipinski definition) is 2. The van der Waals surface area contributed by atoms with Gasteiger partial charge in [-0.25, -0.2) is 0 Å². The van der Waals surface area contributed by atoms with Gasteiger partial charge in [0.2, 0.25) is 0 Å². The molecule has 1 heterocycles. The summed E-state index contributed by atoms with van der Waals surface area (Å²) in [6.45, 7) is 2.58. The number of anilines is 1. The van der Waals surface area contributed by atoms with E-state index in [1.54, 1.807) is 16.8 Å². The molecule has 0 bridgehead atoms. The molecule has 106 valence electrons. The van der Waals surface area contributed by atoms with Crippen molar-refractivity contribution in [1.29, 1.82) is 0 Å². The first-order valence-electron chi connectivity index (χ1n) is 6.77. The van der Waals surface area contributed by atoms with Crippen molar-refractivity contribution in [2.45, 2.75) is 26.3 Å². The predicted octanol–water partition coefficient (Wildman–Crippen LogP) is 2.08. The van der Waals surface area contributed by atoms with Crippen LogP contribution in [0.5, 0.6) is 0 Å². The monoisotopic (exact) mass is 272 g/mol. The largest absolute Gasteiger partial charge is 0.326 e. The Labute approximate surface area is 118 Å². The molecule has 0 saturated heterocycles. The summed E-state index contributed by atoms with van der Waals surface area (Å²) in [4.78, 5) is 12.1. The number of aromatic nitrogens is 2. The fraction of sp³-hybridized carbons (Fsp3) is 0.333. The molecule has 0 saturated carbocycles. The van der Waals surface area contributed by atoms with Gasteiger partial charge in [0.25, 0.3) is 5.91 Å². The molecule has 0 fully saturated rings. The fourth-order valence-corrected chi connectivity index (χ4v) is 2.00. The highest BCUT2D eigenvalue weighted by Crippen LogP contribution is 2.13. The molecule has 1 amide bonds. The molecule has 1 aromatic carbocycles. The molecule has 2 rings (SSSR count). The van der Waals surface area contributed by atoms with Gasteiger partial charge in [0.1, 0.15) is 5.82 Å². The highest BCUT2D eigenvalue weighted by atomic mass is 16.1. The average Bonchev–Trinajstić information content (AvgIpc) is 2.79. The van der Waals surface area contributed by atoms with Crippen molar-refractivity contribution in [3.63, 3.8) is 0 Å². The molecule has 0 atom stereocenters. The van der Waals surface area contributed by atoms with Gasteiger partial charge in [-0.1, -0.05) is 25.5 Å². The van der Waals surface area contributed by atoms with Crippen LogP contribution in [0.1, 0.15) is 35.0 Å². The third-order valence-electron chi connectivity index (χ3n) is 3.13. The highest BCUT2D eigenvalue weighted by Gasteiger charge is 2.10. The molecule has 0 unspecified atom stereocenters. The summed E-state index contributed by atoms with van der Waals surface area (Å²) >= 11 is 0. The Morgan fingerprint density at radius 3 is 2.65 bits per heavy atom. The summed E-state index contributed by atoms with van der Waals surface area (Å²) in [5.41, 5.74) is 8.15. The topological polar surface area (TPSA) is 72.9 Å². The smallest absolute Gasteiger partial charge is 0.256 e. The minimum atomic E-state index is -0.139. The molecule has 5 heteroatoms. The third-order valence-corrected chi connectivity index (χ3v) is 3.13. The number of nitrogens with zero attached hydrogens (tertiary/aromatic N) is 2. The Kier molecular flexibility index (Phi) is 4.53. The van der Waals surface area contributed by atoms with E-state index in [2.05, 4.69) is 17.3 Å². The van der Waals surface area contributed by atoms with E-state index in [0.717, 1.165) is 24.1 Å². The van der Waals surface area contributed by atoms with Crippen LogP contribution in [-0.4, -0.2) is 15.7 Å². The van der Waals surface area contributed by atoms with Gasteiger partial charge in [-0.2, -0.15) is 5.10 Å². The molecule has 5 nitrogen and oxygen atoms in total. The number of benzene rings is 1. The zero-order valence-electron chi connectivity index (χ0n) is 11.9. The van der Waals surface area contributed by atoms with E-state index in [0.29, 0.717) is 17.9 Å². The van der Waals surface area contributed by atoms with Gasteiger partial charge in [-0.3, -0.25) is 9.48 Å². The number of nitrogens with one attached hydrogen (secondary N) is 1. The maximum Gasteiger partial charge on any atom is 0.256 e. The normalized spacial score (nSPS) is 10.6. The summed E-state index contributed by atoms with van der Waals surface area (Å²) in [6.07, 6.45) is 1.94. The van der Waals surface area contributed by atoms with E-state index in [1.165, 1.54) is 0 Å². The van der Waals surface area contributed by atoms with Gasteiger partial charge in [-0.15, -0.1) is 0 Å². The Balaban J connectivity index is 2.10. The van der Waals surface area contributed by atoms with Crippen LogP contribution in [0.2, 0.25) is 0 Å². The number of nitrogens with two attached hydrogens (primary N) is 1. The lowest BCUT2D eigenvalue weighted by Crippen LogP contribution is -2.14. The van der Waals surface area contributed by atoms with Gasteiger partial charge in [-0.05, 0) is 24.1 Å². The van der Waals surface area contributed by atoms with E-state index < -0.39 is 0 Å². The molecule has 0 aliphatic heterocycles. The van der Waals surface area contributed by atoms with Gasteiger partial charge in [0.15, 0.2) is 0 Å². The van der Waals surface area contributed by atoms with Gasteiger partial charge >= 0.3 is 0 Å². The lowest BCUT2D eigenvalue weighted by atomic mass is 10.1. The second-order valence-corrected chi connectivity index (χ2v) is 4.75. The van der Waals surface area contributed by atoms with Crippen LogP contribution < -0.4 is 11.1 Å². The summed E-state index contributed by atoms with van der Waals surface area (Å²) < 4.78 is 1.69. The van der Waals surface area contributed by atoms with Crippen LogP contribution in [-0.2, 0) is 20.0 Å². The Bertz CT molecular complexity index is 586. The second kappa shape index (κ2) is 6.34. The molecule has 3 N–H and O–H groups in total. The van der Waals surface area contributed by atoms with Gasteiger partial charge in [0, 0.05) is 25.2 Å². The Morgan fingerprint density at radius 1 is 1.35 bits per heavy atom. The minimum Gasteiger partial charge on any atom is -0.326 e. The van der Waals surface area contributed by atoms with Crippen LogP contribution in [0.4, 0.5) is 5.82 Å². The fourth-order valence-electron chi connectivity index (χ4n) is 2.00. The molecular formula is C15H20N4O. The van der Waals surface area contributed by atoms with Crippen LogP contribution in [0.25, 0.3) is 0 Å². The zero-order valence-corrected chi connectivity index (χ0v) is 11.9. The number of hydrogen-bond acceptors (Lipinski definition) is 3. The van der Waals surface area contributed by atoms with E-state index in [1.807, 2.05) is 25.2 Å². The second-order valence-electron chi connectivity index (χ2n) is 4.75. The number of aryl methyl sites for hydroxylation is 2. The number of carbonyl (C=O) groups is 1. The molecule has 0 spiro atoms. The number of rotatable bonds is 5.